The molecule has 0 aliphatic carbocycles. The van der Waals surface area contributed by atoms with Crippen molar-refractivity contribution in [3.8, 4) is 100 Å². The van der Waals surface area contributed by atoms with Crippen LogP contribution >= 0.6 is 0 Å². The zero-order valence-corrected chi connectivity index (χ0v) is 68.2. The predicted octanol–water partition coefficient (Wildman–Crippen LogP) is 35.1. The van der Waals surface area contributed by atoms with Gasteiger partial charge >= 0.3 is 0 Å². The molecule has 25 rings (SSSR count). The Morgan fingerprint density at radius 2 is 0.347 bits per heavy atom. The summed E-state index contributed by atoms with van der Waals surface area (Å²) >= 11 is 0. The Balaban J connectivity index is 0.000000109. The van der Waals surface area contributed by atoms with Gasteiger partial charge in [0.15, 0.2) is 0 Å². The largest absolute Gasteiger partial charge is 0.0622 e. The van der Waals surface area contributed by atoms with Crippen LogP contribution in [0.15, 0.2) is 485 Å². The number of hydrogen-bond donors (Lipinski definition) is 0. The van der Waals surface area contributed by atoms with Crippen LogP contribution in [-0.4, -0.2) is 0 Å². The zero-order chi connectivity index (χ0) is 82.0. The number of fused-ring (bicyclic) bond motifs is 15. The van der Waals surface area contributed by atoms with E-state index in [1.54, 1.807) is 0 Å². The third kappa shape index (κ3) is 12.8. The molecule has 0 spiro atoms. The zero-order valence-electron chi connectivity index (χ0n) is 68.2. The second-order valence-corrected chi connectivity index (χ2v) is 32.6. The molecule has 0 atom stereocenters. The van der Waals surface area contributed by atoms with E-state index in [2.05, 4.69) is 485 Å². The molecule has 0 fully saturated rings. The van der Waals surface area contributed by atoms with Crippen molar-refractivity contribution in [3.63, 3.8) is 0 Å². The fourth-order valence-electron chi connectivity index (χ4n) is 20.1. The molecule has 25 aromatic rings. The van der Waals surface area contributed by atoms with Gasteiger partial charge < -0.3 is 0 Å². The Morgan fingerprint density at radius 1 is 0.0806 bits per heavy atom. The molecular formula is C124H80. The molecule has 0 heteroatoms. The third-order valence-corrected chi connectivity index (χ3v) is 25.7. The van der Waals surface area contributed by atoms with Crippen LogP contribution in [0.3, 0.4) is 0 Å². The first-order chi connectivity index (χ1) is 61.6. The lowest BCUT2D eigenvalue weighted by Gasteiger charge is -2.20. The van der Waals surface area contributed by atoms with Crippen LogP contribution in [0.4, 0.5) is 0 Å². The van der Waals surface area contributed by atoms with E-state index in [-0.39, 0.29) is 0 Å². The summed E-state index contributed by atoms with van der Waals surface area (Å²) in [6, 6.07) is 177. The summed E-state index contributed by atoms with van der Waals surface area (Å²) in [5.41, 5.74) is 22.8. The fourth-order valence-corrected chi connectivity index (χ4v) is 20.1. The lowest BCUT2D eigenvalue weighted by molar-refractivity contribution is 1.63. The Hall–Kier alpha value is -16.1. The predicted molar refractivity (Wildman–Crippen MR) is 536 cm³/mol. The molecular weight excluding hydrogens is 1490 g/mol. The first-order valence-electron chi connectivity index (χ1n) is 43.0. The van der Waals surface area contributed by atoms with Crippen LogP contribution in [0.1, 0.15) is 0 Å². The maximum Gasteiger partial charge on any atom is -0.00199 e. The lowest BCUT2D eigenvalue weighted by Crippen LogP contribution is -1.92. The van der Waals surface area contributed by atoms with E-state index in [0.717, 1.165) is 0 Å². The highest BCUT2D eigenvalue weighted by Gasteiger charge is 2.24. The van der Waals surface area contributed by atoms with E-state index in [1.165, 1.54) is 240 Å². The number of rotatable bonds is 9. The molecule has 0 heterocycles. The van der Waals surface area contributed by atoms with Crippen molar-refractivity contribution in [1.29, 1.82) is 0 Å². The van der Waals surface area contributed by atoms with E-state index in [4.69, 9.17) is 0 Å². The summed E-state index contributed by atoms with van der Waals surface area (Å²) in [4.78, 5) is 0. The van der Waals surface area contributed by atoms with Gasteiger partial charge in [-0.2, -0.15) is 0 Å². The topological polar surface area (TPSA) is 0 Å². The van der Waals surface area contributed by atoms with E-state index in [9.17, 15) is 0 Å². The van der Waals surface area contributed by atoms with Crippen molar-refractivity contribution >= 4 is 140 Å². The Kier molecular flexibility index (Phi) is 18.4. The van der Waals surface area contributed by atoms with Crippen molar-refractivity contribution in [3.05, 3.63) is 485 Å². The van der Waals surface area contributed by atoms with E-state index < -0.39 is 0 Å². The maximum absolute atomic E-state index is 2.40. The molecule has 124 heavy (non-hydrogen) atoms. The molecule has 0 saturated carbocycles. The summed E-state index contributed by atoms with van der Waals surface area (Å²) in [5.74, 6) is 0. The normalized spacial score (nSPS) is 11.5. The van der Waals surface area contributed by atoms with Crippen LogP contribution in [0.25, 0.3) is 240 Å². The Labute approximate surface area is 720 Å². The average molecular weight is 1570 g/mol. The highest BCUT2D eigenvalue weighted by atomic mass is 14.3. The van der Waals surface area contributed by atoms with Crippen LogP contribution in [0.2, 0.25) is 0 Å². The van der Waals surface area contributed by atoms with Crippen molar-refractivity contribution < 1.29 is 0 Å². The second kappa shape index (κ2) is 31.2. The lowest BCUT2D eigenvalue weighted by atomic mass is 9.83. The van der Waals surface area contributed by atoms with Crippen molar-refractivity contribution in [2.75, 3.05) is 0 Å². The molecule has 0 saturated heterocycles. The average Bonchev–Trinajstić information content (AvgIpc) is 0.730. The van der Waals surface area contributed by atoms with E-state index in [0.29, 0.717) is 0 Å². The second-order valence-electron chi connectivity index (χ2n) is 32.6. The first kappa shape index (κ1) is 73.1. The van der Waals surface area contributed by atoms with E-state index in [1.807, 2.05) is 0 Å². The fraction of sp³-hybridized carbons (Fsp3) is 0. The Morgan fingerprint density at radius 3 is 0.806 bits per heavy atom. The summed E-state index contributed by atoms with van der Waals surface area (Å²) in [6.07, 6.45) is 0. The van der Waals surface area contributed by atoms with E-state index >= 15 is 0 Å². The van der Waals surface area contributed by atoms with Gasteiger partial charge in [-0.1, -0.05) is 461 Å². The molecule has 25 aromatic carbocycles. The summed E-state index contributed by atoms with van der Waals surface area (Å²) in [5, 5.41) is 33.3. The van der Waals surface area contributed by atoms with Crippen LogP contribution in [0.5, 0.6) is 0 Å². The highest BCUT2D eigenvalue weighted by molar-refractivity contribution is 6.28. The van der Waals surface area contributed by atoms with Gasteiger partial charge in [-0.25, -0.2) is 0 Å². The molecule has 0 aliphatic rings. The van der Waals surface area contributed by atoms with Gasteiger partial charge in [-0.15, -0.1) is 0 Å². The number of benzene rings is 25. The van der Waals surface area contributed by atoms with Crippen molar-refractivity contribution in [1.82, 2.24) is 0 Å². The van der Waals surface area contributed by atoms with Gasteiger partial charge in [0.1, 0.15) is 0 Å². The number of hydrogen-bond acceptors (Lipinski definition) is 0. The SMILES string of the molecule is c1cc(-c2c3ccccc3c(-c3cc4ccccc4c4ccccc34)c3ccccc23)cc(-c2cc3ccccc3c3ccccc23)c1.c1ccc(-c2c3ccccc3c(-c3ccc(-c4cccc5ccccc45)cc3)c3ccccc23)cc1.c1ccc2cc(-c3ccc(-c4c5ccccc5c(-c5cccc6ccccc56)c5ccccc45)cc3)ccc2c1. The van der Waals surface area contributed by atoms with Crippen LogP contribution in [-0.2, 0) is 0 Å². The van der Waals surface area contributed by atoms with Gasteiger partial charge in [0.05, 0.1) is 0 Å². The molecule has 0 N–H and O–H groups in total. The van der Waals surface area contributed by atoms with Crippen LogP contribution < -0.4 is 0 Å². The smallest absolute Gasteiger partial charge is 0.00199 e. The quantitative estimate of drug-likeness (QED) is 0.0998. The summed E-state index contributed by atoms with van der Waals surface area (Å²) in [6.45, 7) is 0. The molecule has 0 aromatic heterocycles. The molecule has 0 nitrogen and oxygen atoms in total. The molecule has 576 valence electrons. The van der Waals surface area contributed by atoms with Gasteiger partial charge in [0.2, 0.25) is 0 Å². The van der Waals surface area contributed by atoms with Crippen LogP contribution in [0, 0.1) is 0 Å². The minimum Gasteiger partial charge on any atom is -0.0622 e. The van der Waals surface area contributed by atoms with Crippen molar-refractivity contribution in [2.24, 2.45) is 0 Å². The van der Waals surface area contributed by atoms with Gasteiger partial charge in [0, 0.05) is 0 Å². The van der Waals surface area contributed by atoms with Crippen molar-refractivity contribution in [2.45, 2.75) is 0 Å². The molecule has 0 unspecified atom stereocenters. The van der Waals surface area contributed by atoms with Gasteiger partial charge in [0.25, 0.3) is 0 Å². The summed E-state index contributed by atoms with van der Waals surface area (Å²) < 4.78 is 0. The maximum atomic E-state index is 2.40. The van der Waals surface area contributed by atoms with Gasteiger partial charge in [-0.3, -0.25) is 0 Å². The first-order valence-corrected chi connectivity index (χ1v) is 43.0. The standard InChI is InChI=1S/C48H30.C40H26.C36H24/c1-3-18-35-32(14-1)29-45(39-22-7-5-20-37(35)39)31-16-13-17-34(28-31)47-41-24-9-11-26-43(41)48(44-27-12-10-25-42(44)47)46-30-33-15-2-4-19-36(33)38-21-6-8-23-40(38)46;1-2-12-31-26-32(25-22-27(31)10-1)28-20-23-30(24-21-28)39-35-15-5-7-17-37(35)40(38-18-8-6-16-36(38)39)34-19-9-13-29-11-3-4-14-33(29)34;1-2-12-27(13-3-1)35-31-16-6-8-18-33(31)36(34-19-9-7-17-32(34)35)28-23-21-26(22-24-28)30-20-10-14-25-11-4-5-15-29(25)30/h1-30H;1-26H;1-24H. The van der Waals surface area contributed by atoms with Gasteiger partial charge in [-0.05, 0) is 264 Å². The molecule has 0 radical (unpaired) electrons. The molecule has 0 amide bonds. The minimum atomic E-state index is 1.23. The Bertz CT molecular complexity index is 8340. The molecule has 0 bridgehead atoms. The highest BCUT2D eigenvalue weighted by Crippen LogP contribution is 2.51. The molecule has 0 aliphatic heterocycles. The summed E-state index contributed by atoms with van der Waals surface area (Å²) in [7, 11) is 0. The third-order valence-electron chi connectivity index (χ3n) is 25.7. The minimum absolute atomic E-state index is 1.23. The monoisotopic (exact) mass is 1570 g/mol.